The molecule has 0 aromatic heterocycles. The number of phenolic OH excluding ortho intramolecular Hbond substituents is 3. The molecule has 39 heavy (non-hydrogen) atoms. The molecule has 3 aromatic rings. The molecule has 4 rings (SSSR count). The van der Waals surface area contributed by atoms with Crippen molar-refractivity contribution >= 4 is 30.0 Å². The topological polar surface area (TPSA) is 113 Å². The molecular weight excluding hydrogens is 494 g/mol. The number of nitro groups is 1. The Labute approximate surface area is 228 Å². The molecule has 3 N–H and O–H groups in total. The fourth-order valence-electron chi connectivity index (χ4n) is 5.30. The van der Waals surface area contributed by atoms with Crippen molar-refractivity contribution < 1.29 is 25.0 Å². The number of ether oxygens (including phenoxy) is 1. The molecule has 1 atom stereocenters. The highest BCUT2D eigenvalue weighted by molar-refractivity contribution is 5.79. The maximum atomic E-state index is 10.8. The van der Waals surface area contributed by atoms with Crippen molar-refractivity contribution in [3.63, 3.8) is 0 Å². The van der Waals surface area contributed by atoms with Crippen LogP contribution in [0.1, 0.15) is 67.3 Å². The standard InChI is InChI=1S/C32H35NO6/c1-32(2)15-5-4-6-25(32)20-24-16-22(19-30(39-3)31(24)36)7-8-23-17-28(34)27(29(35)18-23)14-11-21-9-12-26(13-10-21)33(37)38/h7-14,16-19,25,34-36H,4-6,15,20H2,1-3H3/b8-7+,14-11+. The van der Waals surface area contributed by atoms with Crippen LogP contribution in [0.4, 0.5) is 5.69 Å². The molecule has 1 saturated carbocycles. The van der Waals surface area contributed by atoms with Gasteiger partial charge in [0.25, 0.3) is 5.69 Å². The number of methoxy groups -OCH3 is 1. The first kappa shape index (κ1) is 27.8. The quantitative estimate of drug-likeness (QED) is 0.156. The SMILES string of the molecule is COc1cc(/C=C/c2cc(O)c(/C=C/c3ccc([N+](=O)[O-])cc3)c(O)c2)cc(CC2CCCCC2(C)C)c1O. The van der Waals surface area contributed by atoms with Crippen LogP contribution in [0.5, 0.6) is 23.0 Å². The molecule has 0 aliphatic heterocycles. The van der Waals surface area contributed by atoms with Crippen LogP contribution in [0, 0.1) is 21.4 Å². The third kappa shape index (κ3) is 6.60. The molecule has 7 nitrogen and oxygen atoms in total. The van der Waals surface area contributed by atoms with Crippen molar-refractivity contribution in [3.05, 3.63) is 86.5 Å². The maximum Gasteiger partial charge on any atom is 0.269 e. The van der Waals surface area contributed by atoms with Crippen LogP contribution < -0.4 is 4.74 Å². The lowest BCUT2D eigenvalue weighted by molar-refractivity contribution is -0.384. The van der Waals surface area contributed by atoms with Gasteiger partial charge in [0, 0.05) is 12.1 Å². The zero-order valence-corrected chi connectivity index (χ0v) is 22.6. The summed E-state index contributed by atoms with van der Waals surface area (Å²) in [6, 6.07) is 12.8. The van der Waals surface area contributed by atoms with E-state index in [2.05, 4.69) is 13.8 Å². The summed E-state index contributed by atoms with van der Waals surface area (Å²) < 4.78 is 5.45. The van der Waals surface area contributed by atoms with E-state index in [4.69, 9.17) is 4.74 Å². The first-order valence-electron chi connectivity index (χ1n) is 13.1. The molecule has 1 aliphatic carbocycles. The molecule has 1 fully saturated rings. The minimum atomic E-state index is -0.468. The Morgan fingerprint density at radius 3 is 2.13 bits per heavy atom. The van der Waals surface area contributed by atoms with Crippen molar-refractivity contribution in [2.24, 2.45) is 11.3 Å². The summed E-state index contributed by atoms with van der Waals surface area (Å²) in [7, 11) is 1.54. The van der Waals surface area contributed by atoms with Crippen molar-refractivity contribution in [1.29, 1.82) is 0 Å². The Hall–Kier alpha value is -4.26. The second-order valence-corrected chi connectivity index (χ2v) is 10.9. The summed E-state index contributed by atoms with van der Waals surface area (Å²) in [5.41, 5.74) is 3.43. The van der Waals surface area contributed by atoms with Gasteiger partial charge in [0.1, 0.15) is 11.5 Å². The number of aromatic hydroxyl groups is 3. The molecule has 0 bridgehead atoms. The molecule has 0 radical (unpaired) electrons. The van der Waals surface area contributed by atoms with E-state index in [-0.39, 0.29) is 33.9 Å². The highest BCUT2D eigenvalue weighted by atomic mass is 16.6. The number of phenols is 3. The Kier molecular flexibility index (Phi) is 8.29. The summed E-state index contributed by atoms with van der Waals surface area (Å²) in [5, 5.41) is 42.8. The average Bonchev–Trinajstić information content (AvgIpc) is 2.89. The number of benzene rings is 3. The van der Waals surface area contributed by atoms with Crippen LogP contribution in [0.3, 0.4) is 0 Å². The largest absolute Gasteiger partial charge is 0.507 e. The summed E-state index contributed by atoms with van der Waals surface area (Å²) >= 11 is 0. The van der Waals surface area contributed by atoms with Gasteiger partial charge in [-0.3, -0.25) is 10.1 Å². The third-order valence-electron chi connectivity index (χ3n) is 7.76. The number of nitrogens with zero attached hydrogens (tertiary/aromatic N) is 1. The summed E-state index contributed by atoms with van der Waals surface area (Å²) in [6.07, 6.45) is 12.4. The van der Waals surface area contributed by atoms with E-state index >= 15 is 0 Å². The molecule has 0 heterocycles. The van der Waals surface area contributed by atoms with E-state index in [0.29, 0.717) is 22.8 Å². The smallest absolute Gasteiger partial charge is 0.269 e. The van der Waals surface area contributed by atoms with Crippen LogP contribution in [-0.4, -0.2) is 27.4 Å². The number of non-ortho nitro benzene ring substituents is 1. The van der Waals surface area contributed by atoms with Gasteiger partial charge in [-0.25, -0.2) is 0 Å². The molecular formula is C32H35NO6. The van der Waals surface area contributed by atoms with Crippen LogP contribution in [0.2, 0.25) is 0 Å². The molecule has 1 unspecified atom stereocenters. The monoisotopic (exact) mass is 529 g/mol. The highest BCUT2D eigenvalue weighted by Crippen LogP contribution is 2.44. The van der Waals surface area contributed by atoms with Gasteiger partial charge in [-0.1, -0.05) is 44.9 Å². The van der Waals surface area contributed by atoms with Gasteiger partial charge < -0.3 is 20.1 Å². The van der Waals surface area contributed by atoms with Crippen LogP contribution in [0.15, 0.2) is 48.5 Å². The molecule has 1 aliphatic rings. The van der Waals surface area contributed by atoms with E-state index in [1.54, 1.807) is 48.6 Å². The van der Waals surface area contributed by atoms with E-state index in [1.165, 1.54) is 38.5 Å². The number of rotatable bonds is 8. The summed E-state index contributed by atoms with van der Waals surface area (Å²) in [5.74, 6) is 0.864. The minimum absolute atomic E-state index is 0.00909. The van der Waals surface area contributed by atoms with Gasteiger partial charge in [0.15, 0.2) is 11.5 Å². The van der Waals surface area contributed by atoms with E-state index in [9.17, 15) is 25.4 Å². The predicted octanol–water partition coefficient (Wildman–Crippen LogP) is 7.82. The van der Waals surface area contributed by atoms with Crippen LogP contribution in [-0.2, 0) is 6.42 Å². The van der Waals surface area contributed by atoms with E-state index in [0.717, 1.165) is 24.0 Å². The number of hydrogen-bond acceptors (Lipinski definition) is 6. The first-order valence-corrected chi connectivity index (χ1v) is 13.1. The Balaban J connectivity index is 1.55. The van der Waals surface area contributed by atoms with Crippen molar-refractivity contribution in [1.82, 2.24) is 0 Å². The van der Waals surface area contributed by atoms with Gasteiger partial charge in [-0.05, 0) is 95.3 Å². The molecule has 0 saturated heterocycles. The zero-order valence-electron chi connectivity index (χ0n) is 22.6. The zero-order chi connectivity index (χ0) is 28.2. The average molecular weight is 530 g/mol. The van der Waals surface area contributed by atoms with Gasteiger partial charge in [0.05, 0.1) is 17.6 Å². The Morgan fingerprint density at radius 1 is 0.923 bits per heavy atom. The maximum absolute atomic E-state index is 10.8. The summed E-state index contributed by atoms with van der Waals surface area (Å²) in [4.78, 5) is 10.4. The van der Waals surface area contributed by atoms with E-state index in [1.807, 2.05) is 12.1 Å². The second kappa shape index (κ2) is 11.6. The van der Waals surface area contributed by atoms with Crippen molar-refractivity contribution in [2.45, 2.75) is 46.0 Å². The second-order valence-electron chi connectivity index (χ2n) is 10.9. The Bertz CT molecular complexity index is 1380. The fraction of sp³-hybridized carbons (Fsp3) is 0.312. The van der Waals surface area contributed by atoms with Gasteiger partial charge in [0.2, 0.25) is 0 Å². The van der Waals surface area contributed by atoms with Crippen LogP contribution in [0.25, 0.3) is 24.3 Å². The highest BCUT2D eigenvalue weighted by Gasteiger charge is 2.32. The number of nitro benzene ring substituents is 1. The lowest BCUT2D eigenvalue weighted by Crippen LogP contribution is -2.29. The normalized spacial score (nSPS) is 17.1. The van der Waals surface area contributed by atoms with Crippen molar-refractivity contribution in [2.75, 3.05) is 7.11 Å². The van der Waals surface area contributed by atoms with Gasteiger partial charge in [-0.15, -0.1) is 0 Å². The molecule has 204 valence electrons. The first-order chi connectivity index (χ1) is 18.6. The van der Waals surface area contributed by atoms with E-state index < -0.39 is 4.92 Å². The number of hydrogen-bond donors (Lipinski definition) is 3. The lowest BCUT2D eigenvalue weighted by Gasteiger charge is -2.39. The lowest BCUT2D eigenvalue weighted by atomic mass is 9.67. The Morgan fingerprint density at radius 2 is 1.54 bits per heavy atom. The molecule has 0 spiro atoms. The summed E-state index contributed by atoms with van der Waals surface area (Å²) in [6.45, 7) is 4.61. The fourth-order valence-corrected chi connectivity index (χ4v) is 5.30. The van der Waals surface area contributed by atoms with Crippen LogP contribution >= 0.6 is 0 Å². The third-order valence-corrected chi connectivity index (χ3v) is 7.76. The van der Waals surface area contributed by atoms with Gasteiger partial charge in [-0.2, -0.15) is 0 Å². The van der Waals surface area contributed by atoms with Crippen molar-refractivity contribution in [3.8, 4) is 23.0 Å². The molecule has 7 heteroatoms. The predicted molar refractivity (Wildman–Crippen MR) is 155 cm³/mol. The molecule has 3 aromatic carbocycles. The van der Waals surface area contributed by atoms with Gasteiger partial charge >= 0.3 is 0 Å². The minimum Gasteiger partial charge on any atom is -0.507 e. The molecule has 0 amide bonds.